The molecule has 0 saturated heterocycles. The monoisotopic (exact) mass is 361 g/mol. The maximum absolute atomic E-state index is 12.6. The number of hydrogen-bond donors (Lipinski definition) is 1. The Kier molecular flexibility index (Phi) is 4.54. The van der Waals surface area contributed by atoms with E-state index in [-0.39, 0.29) is 12.5 Å². The normalized spacial score (nSPS) is 11.0. The molecule has 3 heterocycles. The van der Waals surface area contributed by atoms with Crippen LogP contribution in [0.15, 0.2) is 66.2 Å². The Morgan fingerprint density at radius 1 is 1.15 bits per heavy atom. The fourth-order valence-corrected chi connectivity index (χ4v) is 3.75. The maximum Gasteiger partial charge on any atom is 0.240 e. The summed E-state index contributed by atoms with van der Waals surface area (Å²) in [7, 11) is 0. The van der Waals surface area contributed by atoms with Gasteiger partial charge >= 0.3 is 0 Å². The highest BCUT2D eigenvalue weighted by Gasteiger charge is 2.14. The second-order valence-electron chi connectivity index (χ2n) is 6.26. The molecule has 1 aromatic carbocycles. The van der Waals surface area contributed by atoms with Crippen molar-refractivity contribution in [3.63, 3.8) is 0 Å². The molecule has 4 aromatic rings. The number of pyridine rings is 1. The first-order valence-electron chi connectivity index (χ1n) is 8.51. The van der Waals surface area contributed by atoms with Crippen LogP contribution in [-0.4, -0.2) is 15.5 Å². The first kappa shape index (κ1) is 16.5. The van der Waals surface area contributed by atoms with E-state index in [4.69, 9.17) is 0 Å². The van der Waals surface area contributed by atoms with E-state index >= 15 is 0 Å². The molecular weight excluding hydrogens is 342 g/mol. The van der Waals surface area contributed by atoms with Crippen LogP contribution in [0.4, 0.5) is 0 Å². The Hall–Kier alpha value is -2.92. The number of thiophene rings is 1. The molecule has 0 aliphatic carbocycles. The lowest BCUT2D eigenvalue weighted by atomic mass is 10.2. The van der Waals surface area contributed by atoms with E-state index in [1.165, 1.54) is 0 Å². The van der Waals surface area contributed by atoms with Gasteiger partial charge in [0.15, 0.2) is 0 Å². The summed E-state index contributed by atoms with van der Waals surface area (Å²) in [5.74, 6) is -0.0217. The minimum atomic E-state index is -0.0217. The van der Waals surface area contributed by atoms with Crippen LogP contribution in [0.25, 0.3) is 21.5 Å². The van der Waals surface area contributed by atoms with Crippen LogP contribution in [0.2, 0.25) is 0 Å². The van der Waals surface area contributed by atoms with E-state index in [2.05, 4.69) is 44.5 Å². The third-order valence-electron chi connectivity index (χ3n) is 4.33. The zero-order valence-corrected chi connectivity index (χ0v) is 15.3. The van der Waals surface area contributed by atoms with Crippen LogP contribution in [0, 0.1) is 6.92 Å². The van der Waals surface area contributed by atoms with E-state index in [9.17, 15) is 4.79 Å². The number of carbonyl (C=O) groups excluding carboxylic acids is 1. The molecule has 26 heavy (non-hydrogen) atoms. The van der Waals surface area contributed by atoms with Gasteiger partial charge in [0, 0.05) is 17.1 Å². The van der Waals surface area contributed by atoms with Gasteiger partial charge in [-0.25, -0.2) is 0 Å². The molecule has 0 saturated carbocycles. The summed E-state index contributed by atoms with van der Waals surface area (Å²) in [6.45, 7) is 2.72. The van der Waals surface area contributed by atoms with Gasteiger partial charge in [0.05, 0.1) is 22.8 Å². The number of fused-ring (bicyclic) bond motifs is 1. The third kappa shape index (κ3) is 3.39. The lowest BCUT2D eigenvalue weighted by Crippen LogP contribution is -2.27. The van der Waals surface area contributed by atoms with Gasteiger partial charge < -0.3 is 9.88 Å². The van der Waals surface area contributed by atoms with Crippen LogP contribution >= 0.6 is 11.3 Å². The number of aryl methyl sites for hydroxylation is 1. The summed E-state index contributed by atoms with van der Waals surface area (Å²) in [5, 5.41) is 6.17. The number of hydrogen-bond acceptors (Lipinski definition) is 3. The van der Waals surface area contributed by atoms with Gasteiger partial charge in [0.25, 0.3) is 0 Å². The quantitative estimate of drug-likeness (QED) is 0.573. The summed E-state index contributed by atoms with van der Waals surface area (Å²) >= 11 is 1.68. The van der Waals surface area contributed by atoms with Crippen molar-refractivity contribution in [3.8, 4) is 10.6 Å². The summed E-state index contributed by atoms with van der Waals surface area (Å²) in [6.07, 6.45) is 1.82. The number of aromatic nitrogens is 2. The highest BCUT2D eigenvalue weighted by atomic mass is 32.1. The SMILES string of the molecule is Cc1ccc(CNC(=O)Cn2c(-c3cccs3)cc3ccccc32)nc1. The Labute approximate surface area is 156 Å². The predicted molar refractivity (Wildman–Crippen MR) is 106 cm³/mol. The number of nitrogens with zero attached hydrogens (tertiary/aromatic N) is 2. The molecule has 0 aliphatic rings. The Bertz CT molecular complexity index is 1030. The molecule has 3 aromatic heterocycles. The molecule has 0 unspecified atom stereocenters. The second-order valence-corrected chi connectivity index (χ2v) is 7.20. The van der Waals surface area contributed by atoms with Gasteiger partial charge in [-0.05, 0) is 42.1 Å². The van der Waals surface area contributed by atoms with Crippen molar-refractivity contribution in [2.45, 2.75) is 20.0 Å². The lowest BCUT2D eigenvalue weighted by Gasteiger charge is -2.10. The van der Waals surface area contributed by atoms with E-state index < -0.39 is 0 Å². The zero-order valence-electron chi connectivity index (χ0n) is 14.5. The molecular formula is C21H19N3OS. The predicted octanol–water partition coefficient (Wildman–Crippen LogP) is 4.39. The molecule has 0 spiro atoms. The van der Waals surface area contributed by atoms with E-state index in [1.54, 1.807) is 11.3 Å². The van der Waals surface area contributed by atoms with Crippen LogP contribution in [-0.2, 0) is 17.9 Å². The van der Waals surface area contributed by atoms with Crippen LogP contribution in [0.1, 0.15) is 11.3 Å². The first-order valence-corrected chi connectivity index (χ1v) is 9.39. The van der Waals surface area contributed by atoms with E-state index in [1.807, 2.05) is 43.5 Å². The molecule has 1 N–H and O–H groups in total. The number of rotatable bonds is 5. The summed E-state index contributed by atoms with van der Waals surface area (Å²) in [6, 6.07) is 18.4. The second kappa shape index (κ2) is 7.14. The standard InChI is InChI=1S/C21H19N3OS/c1-15-8-9-17(22-12-15)13-23-21(25)14-24-18-6-3-2-5-16(18)11-19(24)20-7-4-10-26-20/h2-12H,13-14H2,1H3,(H,23,25). The fraction of sp³-hybridized carbons (Fsp3) is 0.143. The number of nitrogens with one attached hydrogen (secondary N) is 1. The molecule has 0 aliphatic heterocycles. The Morgan fingerprint density at radius 3 is 2.81 bits per heavy atom. The van der Waals surface area contributed by atoms with Crippen molar-refractivity contribution in [2.24, 2.45) is 0 Å². The van der Waals surface area contributed by atoms with Crippen LogP contribution < -0.4 is 5.32 Å². The van der Waals surface area contributed by atoms with Gasteiger partial charge in [0.2, 0.25) is 5.91 Å². The lowest BCUT2D eigenvalue weighted by molar-refractivity contribution is -0.121. The molecule has 1 amide bonds. The van der Waals surface area contributed by atoms with Crippen LogP contribution in [0.5, 0.6) is 0 Å². The van der Waals surface area contributed by atoms with Crippen molar-refractivity contribution >= 4 is 28.1 Å². The van der Waals surface area contributed by atoms with Crippen molar-refractivity contribution < 1.29 is 4.79 Å². The van der Waals surface area contributed by atoms with Gasteiger partial charge in [-0.15, -0.1) is 11.3 Å². The number of carbonyl (C=O) groups is 1. The maximum atomic E-state index is 12.6. The van der Waals surface area contributed by atoms with Gasteiger partial charge in [-0.3, -0.25) is 9.78 Å². The Morgan fingerprint density at radius 2 is 2.04 bits per heavy atom. The number of para-hydroxylation sites is 1. The van der Waals surface area contributed by atoms with Crippen molar-refractivity contribution in [1.29, 1.82) is 0 Å². The van der Waals surface area contributed by atoms with Crippen molar-refractivity contribution in [2.75, 3.05) is 0 Å². The zero-order chi connectivity index (χ0) is 17.9. The molecule has 0 atom stereocenters. The van der Waals surface area contributed by atoms with Crippen LogP contribution in [0.3, 0.4) is 0 Å². The summed E-state index contributed by atoms with van der Waals surface area (Å²) in [4.78, 5) is 18.1. The van der Waals surface area contributed by atoms with Gasteiger partial charge in [-0.1, -0.05) is 30.3 Å². The molecule has 4 rings (SSSR count). The average Bonchev–Trinajstić information content (AvgIpc) is 3.30. The molecule has 0 radical (unpaired) electrons. The number of benzene rings is 1. The molecule has 5 heteroatoms. The highest BCUT2D eigenvalue weighted by Crippen LogP contribution is 2.31. The van der Waals surface area contributed by atoms with Gasteiger partial charge in [0.1, 0.15) is 6.54 Å². The topological polar surface area (TPSA) is 46.9 Å². The smallest absolute Gasteiger partial charge is 0.240 e. The Balaban J connectivity index is 1.57. The molecule has 0 fully saturated rings. The minimum absolute atomic E-state index is 0.0217. The highest BCUT2D eigenvalue weighted by molar-refractivity contribution is 7.13. The first-order chi connectivity index (χ1) is 12.7. The third-order valence-corrected chi connectivity index (χ3v) is 5.22. The molecule has 4 nitrogen and oxygen atoms in total. The summed E-state index contributed by atoms with van der Waals surface area (Å²) in [5.41, 5.74) is 4.11. The van der Waals surface area contributed by atoms with Crippen molar-refractivity contribution in [3.05, 3.63) is 77.4 Å². The van der Waals surface area contributed by atoms with E-state index in [0.29, 0.717) is 6.54 Å². The average molecular weight is 361 g/mol. The largest absolute Gasteiger partial charge is 0.349 e. The van der Waals surface area contributed by atoms with Crippen molar-refractivity contribution in [1.82, 2.24) is 14.9 Å². The number of amides is 1. The fourth-order valence-electron chi connectivity index (χ4n) is 3.00. The molecule has 130 valence electrons. The minimum Gasteiger partial charge on any atom is -0.349 e. The van der Waals surface area contributed by atoms with Gasteiger partial charge in [-0.2, -0.15) is 0 Å². The van der Waals surface area contributed by atoms with E-state index in [0.717, 1.165) is 32.7 Å². The molecule has 0 bridgehead atoms. The summed E-state index contributed by atoms with van der Waals surface area (Å²) < 4.78 is 2.08.